The van der Waals surface area contributed by atoms with E-state index in [0.717, 1.165) is 18.8 Å². The first-order valence-electron chi connectivity index (χ1n) is 5.12. The summed E-state index contributed by atoms with van der Waals surface area (Å²) in [6.07, 6.45) is 0.281. The molecule has 1 aromatic heterocycles. The number of rotatable bonds is 6. The van der Waals surface area contributed by atoms with E-state index in [1.807, 2.05) is 6.92 Å². The number of aromatic nitrogens is 1. The van der Waals surface area contributed by atoms with Crippen LogP contribution in [0.4, 0.5) is 0 Å². The number of carbonyl (C=O) groups excluding carboxylic acids is 1. The van der Waals surface area contributed by atoms with E-state index in [4.69, 9.17) is 4.52 Å². The molecule has 0 fully saturated rings. The number of nitrogens with one attached hydrogen (secondary N) is 2. The average Bonchev–Trinajstić information content (AvgIpc) is 2.59. The second-order valence-electron chi connectivity index (χ2n) is 3.31. The SMILES string of the molecule is CCNCCNC(=O)Cc1cc(C)on1.Cl. The molecule has 0 bridgehead atoms. The minimum absolute atomic E-state index is 0. The largest absolute Gasteiger partial charge is 0.361 e. The van der Waals surface area contributed by atoms with Crippen LogP contribution in [0.3, 0.4) is 0 Å². The Morgan fingerprint density at radius 2 is 2.25 bits per heavy atom. The van der Waals surface area contributed by atoms with Crippen molar-refractivity contribution >= 4 is 18.3 Å². The highest BCUT2D eigenvalue weighted by atomic mass is 35.5. The van der Waals surface area contributed by atoms with Gasteiger partial charge in [0.15, 0.2) is 0 Å². The van der Waals surface area contributed by atoms with Gasteiger partial charge in [-0.15, -0.1) is 12.4 Å². The molecule has 0 saturated carbocycles. The summed E-state index contributed by atoms with van der Waals surface area (Å²) in [5, 5.41) is 9.66. The summed E-state index contributed by atoms with van der Waals surface area (Å²) in [6.45, 7) is 6.18. The summed E-state index contributed by atoms with van der Waals surface area (Å²) < 4.78 is 4.87. The van der Waals surface area contributed by atoms with E-state index in [-0.39, 0.29) is 24.7 Å². The van der Waals surface area contributed by atoms with E-state index < -0.39 is 0 Å². The van der Waals surface area contributed by atoms with Crippen LogP contribution in [0.15, 0.2) is 10.6 Å². The minimum Gasteiger partial charge on any atom is -0.361 e. The third kappa shape index (κ3) is 5.72. The minimum atomic E-state index is -0.0267. The second-order valence-corrected chi connectivity index (χ2v) is 3.31. The highest BCUT2D eigenvalue weighted by Crippen LogP contribution is 2.01. The summed E-state index contributed by atoms with van der Waals surface area (Å²) in [7, 11) is 0. The molecule has 1 aromatic rings. The highest BCUT2D eigenvalue weighted by Gasteiger charge is 2.06. The van der Waals surface area contributed by atoms with Gasteiger partial charge in [0.2, 0.25) is 5.91 Å². The molecule has 0 aliphatic carbocycles. The Morgan fingerprint density at radius 3 is 2.81 bits per heavy atom. The van der Waals surface area contributed by atoms with Gasteiger partial charge >= 0.3 is 0 Å². The molecule has 92 valence electrons. The number of halogens is 1. The number of carbonyl (C=O) groups is 1. The molecule has 5 nitrogen and oxygen atoms in total. The average molecular weight is 248 g/mol. The van der Waals surface area contributed by atoms with Gasteiger partial charge in [-0.05, 0) is 13.5 Å². The maximum Gasteiger partial charge on any atom is 0.226 e. The van der Waals surface area contributed by atoms with Gasteiger partial charge in [0.1, 0.15) is 5.76 Å². The molecule has 6 heteroatoms. The molecular formula is C10H18ClN3O2. The Bertz CT molecular complexity index is 315. The van der Waals surface area contributed by atoms with Crippen molar-refractivity contribution in [2.75, 3.05) is 19.6 Å². The summed E-state index contributed by atoms with van der Waals surface area (Å²) >= 11 is 0. The third-order valence-electron chi connectivity index (χ3n) is 1.89. The van der Waals surface area contributed by atoms with E-state index in [9.17, 15) is 4.79 Å². The fourth-order valence-electron chi connectivity index (χ4n) is 1.20. The van der Waals surface area contributed by atoms with Crippen molar-refractivity contribution < 1.29 is 9.32 Å². The lowest BCUT2D eigenvalue weighted by Crippen LogP contribution is -2.32. The van der Waals surface area contributed by atoms with Crippen LogP contribution in [0, 0.1) is 6.92 Å². The number of nitrogens with zero attached hydrogens (tertiary/aromatic N) is 1. The Labute approximate surface area is 101 Å². The number of hydrogen-bond donors (Lipinski definition) is 2. The normalized spacial score (nSPS) is 9.62. The van der Waals surface area contributed by atoms with Crippen molar-refractivity contribution in [3.63, 3.8) is 0 Å². The van der Waals surface area contributed by atoms with Gasteiger partial charge in [-0.3, -0.25) is 4.79 Å². The van der Waals surface area contributed by atoms with Crippen LogP contribution in [0.25, 0.3) is 0 Å². The summed E-state index contributed by atoms with van der Waals surface area (Å²) in [5.41, 5.74) is 0.674. The Morgan fingerprint density at radius 1 is 1.50 bits per heavy atom. The van der Waals surface area contributed by atoms with Crippen LogP contribution < -0.4 is 10.6 Å². The number of amides is 1. The smallest absolute Gasteiger partial charge is 0.226 e. The van der Waals surface area contributed by atoms with Crippen molar-refractivity contribution in [3.05, 3.63) is 17.5 Å². The van der Waals surface area contributed by atoms with Crippen LogP contribution in [0.1, 0.15) is 18.4 Å². The molecule has 0 aliphatic heterocycles. The van der Waals surface area contributed by atoms with Gasteiger partial charge in [-0.25, -0.2) is 0 Å². The van der Waals surface area contributed by atoms with Gasteiger partial charge < -0.3 is 15.2 Å². The van der Waals surface area contributed by atoms with Crippen LogP contribution >= 0.6 is 12.4 Å². The van der Waals surface area contributed by atoms with E-state index in [1.165, 1.54) is 0 Å². The van der Waals surface area contributed by atoms with E-state index >= 15 is 0 Å². The van der Waals surface area contributed by atoms with Crippen molar-refractivity contribution in [1.29, 1.82) is 0 Å². The van der Waals surface area contributed by atoms with E-state index in [1.54, 1.807) is 13.0 Å². The first kappa shape index (κ1) is 14.9. The lowest BCUT2D eigenvalue weighted by Gasteiger charge is -2.03. The number of aryl methyl sites for hydroxylation is 1. The Balaban J connectivity index is 0.00000225. The Kier molecular flexibility index (Phi) is 7.58. The Hall–Kier alpha value is -1.07. The molecule has 0 aliphatic rings. The van der Waals surface area contributed by atoms with E-state index in [2.05, 4.69) is 15.8 Å². The van der Waals surface area contributed by atoms with Gasteiger partial charge in [-0.2, -0.15) is 0 Å². The molecule has 1 amide bonds. The summed E-state index contributed by atoms with van der Waals surface area (Å²) in [6, 6.07) is 1.77. The predicted molar refractivity (Wildman–Crippen MR) is 63.7 cm³/mol. The lowest BCUT2D eigenvalue weighted by molar-refractivity contribution is -0.120. The van der Waals surface area contributed by atoms with Crippen LogP contribution in [-0.4, -0.2) is 30.7 Å². The molecule has 1 rings (SSSR count). The fraction of sp³-hybridized carbons (Fsp3) is 0.600. The topological polar surface area (TPSA) is 67.2 Å². The molecule has 0 unspecified atom stereocenters. The van der Waals surface area contributed by atoms with Gasteiger partial charge in [0.25, 0.3) is 0 Å². The number of hydrogen-bond acceptors (Lipinski definition) is 4. The zero-order valence-corrected chi connectivity index (χ0v) is 10.4. The van der Waals surface area contributed by atoms with Gasteiger partial charge in [-0.1, -0.05) is 12.1 Å². The van der Waals surface area contributed by atoms with Crippen LogP contribution in [-0.2, 0) is 11.2 Å². The first-order chi connectivity index (χ1) is 7.22. The molecule has 0 aromatic carbocycles. The molecule has 0 spiro atoms. The lowest BCUT2D eigenvalue weighted by atomic mass is 10.3. The van der Waals surface area contributed by atoms with Gasteiger partial charge in [0.05, 0.1) is 12.1 Å². The predicted octanol–water partition coefficient (Wildman–Crippen LogP) is 0.673. The van der Waals surface area contributed by atoms with Crippen LogP contribution in [0.2, 0.25) is 0 Å². The molecule has 0 atom stereocenters. The molecule has 1 heterocycles. The molecular weight excluding hydrogens is 230 g/mol. The highest BCUT2D eigenvalue weighted by molar-refractivity contribution is 5.85. The molecule has 16 heavy (non-hydrogen) atoms. The van der Waals surface area contributed by atoms with Crippen LogP contribution in [0.5, 0.6) is 0 Å². The number of likely N-dealkylation sites (N-methyl/N-ethyl adjacent to an activating group) is 1. The van der Waals surface area contributed by atoms with Crippen molar-refractivity contribution in [1.82, 2.24) is 15.8 Å². The van der Waals surface area contributed by atoms with Crippen molar-refractivity contribution in [3.8, 4) is 0 Å². The third-order valence-corrected chi connectivity index (χ3v) is 1.89. The second kappa shape index (κ2) is 8.13. The quantitative estimate of drug-likeness (QED) is 0.726. The zero-order valence-electron chi connectivity index (χ0n) is 9.58. The molecule has 0 saturated heterocycles. The molecule has 2 N–H and O–H groups in total. The maximum atomic E-state index is 11.4. The molecule has 0 radical (unpaired) electrons. The standard InChI is InChI=1S/C10H17N3O2.ClH/c1-3-11-4-5-12-10(14)7-9-6-8(2)15-13-9;/h6,11H,3-5,7H2,1-2H3,(H,12,14);1H. The van der Waals surface area contributed by atoms with Crippen molar-refractivity contribution in [2.45, 2.75) is 20.3 Å². The monoisotopic (exact) mass is 247 g/mol. The first-order valence-corrected chi connectivity index (χ1v) is 5.12. The zero-order chi connectivity index (χ0) is 11.1. The van der Waals surface area contributed by atoms with E-state index in [0.29, 0.717) is 12.2 Å². The van der Waals surface area contributed by atoms with Crippen molar-refractivity contribution in [2.24, 2.45) is 0 Å². The fourth-order valence-corrected chi connectivity index (χ4v) is 1.20. The summed E-state index contributed by atoms with van der Waals surface area (Å²) in [5.74, 6) is 0.701. The van der Waals surface area contributed by atoms with Gasteiger partial charge in [0, 0.05) is 19.2 Å². The summed E-state index contributed by atoms with van der Waals surface area (Å²) in [4.78, 5) is 11.4. The maximum absolute atomic E-state index is 11.4.